The van der Waals surface area contributed by atoms with Gasteiger partial charge in [-0.2, -0.15) is 12.7 Å². The van der Waals surface area contributed by atoms with Crippen molar-refractivity contribution in [1.29, 1.82) is 0 Å². The van der Waals surface area contributed by atoms with Crippen molar-refractivity contribution in [2.45, 2.75) is 12.8 Å². The Hall–Kier alpha value is -1.02. The van der Waals surface area contributed by atoms with Crippen molar-refractivity contribution >= 4 is 27.5 Å². The molecule has 0 bridgehead atoms. The molecule has 1 saturated heterocycles. The van der Waals surface area contributed by atoms with Gasteiger partial charge in [0.15, 0.2) is 0 Å². The van der Waals surface area contributed by atoms with Crippen LogP contribution in [0.5, 0.6) is 5.75 Å². The fraction of sp³-hybridized carbons (Fsp3) is 0.538. The van der Waals surface area contributed by atoms with Crippen molar-refractivity contribution in [3.8, 4) is 5.75 Å². The van der Waals surface area contributed by atoms with E-state index >= 15 is 0 Å². The molecular weight excluding hydrogens is 316 g/mol. The third kappa shape index (κ3) is 4.00. The van der Waals surface area contributed by atoms with E-state index in [1.165, 1.54) is 17.5 Å². The zero-order valence-electron chi connectivity index (χ0n) is 11.8. The van der Waals surface area contributed by atoms with E-state index in [0.717, 1.165) is 12.8 Å². The van der Waals surface area contributed by atoms with Gasteiger partial charge in [-0.15, -0.1) is 0 Å². The third-order valence-corrected chi connectivity index (χ3v) is 5.28. The highest BCUT2D eigenvalue weighted by atomic mass is 35.5. The zero-order chi connectivity index (χ0) is 15.5. The quantitative estimate of drug-likeness (QED) is 0.859. The first-order valence-electron chi connectivity index (χ1n) is 6.68. The molecule has 0 amide bonds. The van der Waals surface area contributed by atoms with E-state index in [0.29, 0.717) is 29.5 Å². The first kappa shape index (κ1) is 16.4. The maximum absolute atomic E-state index is 12.3. The first-order valence-corrected chi connectivity index (χ1v) is 8.50. The monoisotopic (exact) mass is 334 g/mol. The summed E-state index contributed by atoms with van der Waals surface area (Å²) in [4.78, 5) is 0. The van der Waals surface area contributed by atoms with Crippen LogP contribution in [-0.4, -0.2) is 44.6 Å². The molecule has 1 aliphatic rings. The Balaban J connectivity index is 2.11. The molecule has 6 nitrogen and oxygen atoms in total. The topological polar surface area (TPSA) is 78.9 Å². The lowest BCUT2D eigenvalue weighted by molar-refractivity contribution is 0.166. The molecule has 1 atom stereocenters. The van der Waals surface area contributed by atoms with Crippen molar-refractivity contribution in [2.75, 3.05) is 31.5 Å². The van der Waals surface area contributed by atoms with Crippen LogP contribution in [0.15, 0.2) is 18.2 Å². The maximum Gasteiger partial charge on any atom is 0.301 e. The molecule has 2 rings (SSSR count). The lowest BCUT2D eigenvalue weighted by Gasteiger charge is -2.31. The highest BCUT2D eigenvalue weighted by Crippen LogP contribution is 2.28. The number of piperidine rings is 1. The van der Waals surface area contributed by atoms with Gasteiger partial charge < -0.3 is 9.84 Å². The Kier molecular flexibility index (Phi) is 5.32. The number of aliphatic hydroxyl groups excluding tert-OH is 1. The van der Waals surface area contributed by atoms with Gasteiger partial charge in [0.2, 0.25) is 0 Å². The smallest absolute Gasteiger partial charge is 0.301 e. The molecule has 0 aromatic heterocycles. The molecular formula is C13H19ClN2O4S. The van der Waals surface area contributed by atoms with E-state index in [2.05, 4.69) is 4.72 Å². The van der Waals surface area contributed by atoms with Gasteiger partial charge in [0.1, 0.15) is 5.75 Å². The Morgan fingerprint density at radius 2 is 2.29 bits per heavy atom. The molecule has 21 heavy (non-hydrogen) atoms. The fourth-order valence-corrected chi connectivity index (χ4v) is 3.93. The second kappa shape index (κ2) is 6.83. The summed E-state index contributed by atoms with van der Waals surface area (Å²) < 4.78 is 33.6. The molecule has 1 heterocycles. The van der Waals surface area contributed by atoms with Crippen LogP contribution in [0, 0.1) is 5.92 Å². The molecule has 1 fully saturated rings. The third-order valence-electron chi connectivity index (χ3n) is 3.48. The number of ether oxygens (including phenoxy) is 1. The van der Waals surface area contributed by atoms with Gasteiger partial charge in [-0.05, 0) is 37.0 Å². The average Bonchev–Trinajstić information content (AvgIpc) is 2.47. The molecule has 0 saturated carbocycles. The van der Waals surface area contributed by atoms with Crippen LogP contribution in [0.4, 0.5) is 5.69 Å². The summed E-state index contributed by atoms with van der Waals surface area (Å²) in [5.74, 6) is 0.479. The van der Waals surface area contributed by atoms with E-state index < -0.39 is 10.2 Å². The fourth-order valence-electron chi connectivity index (χ4n) is 2.34. The van der Waals surface area contributed by atoms with Crippen LogP contribution in [-0.2, 0) is 10.2 Å². The Labute approximate surface area is 129 Å². The summed E-state index contributed by atoms with van der Waals surface area (Å²) in [6, 6.07) is 4.70. The standard InChI is InChI=1S/C13H19ClN2O4S/c1-20-13-5-4-11(7-12(13)14)15-21(18,19)16-6-2-3-10(8-16)9-17/h4-5,7,10,15,17H,2-3,6,8-9H2,1H3. The number of benzene rings is 1. The Morgan fingerprint density at radius 3 is 2.90 bits per heavy atom. The highest BCUT2D eigenvalue weighted by Gasteiger charge is 2.28. The first-order chi connectivity index (χ1) is 9.96. The minimum Gasteiger partial charge on any atom is -0.495 e. The second-order valence-corrected chi connectivity index (χ2v) is 7.08. The van der Waals surface area contributed by atoms with Crippen molar-refractivity contribution in [3.05, 3.63) is 23.2 Å². The summed E-state index contributed by atoms with van der Waals surface area (Å²) >= 11 is 5.98. The molecule has 8 heteroatoms. The molecule has 1 unspecified atom stereocenters. The van der Waals surface area contributed by atoms with Gasteiger partial charge in [-0.3, -0.25) is 4.72 Å². The number of hydrogen-bond donors (Lipinski definition) is 2. The normalized spacial score (nSPS) is 20.2. The van der Waals surface area contributed by atoms with Gasteiger partial charge in [0, 0.05) is 19.7 Å². The number of methoxy groups -OCH3 is 1. The molecule has 0 aliphatic carbocycles. The van der Waals surface area contributed by atoms with E-state index in [9.17, 15) is 13.5 Å². The minimum absolute atomic E-state index is 0.000381. The lowest BCUT2D eigenvalue weighted by Crippen LogP contribution is -2.43. The highest BCUT2D eigenvalue weighted by molar-refractivity contribution is 7.90. The molecule has 0 spiro atoms. The molecule has 0 radical (unpaired) electrons. The van der Waals surface area contributed by atoms with E-state index in [-0.39, 0.29) is 12.5 Å². The summed E-state index contributed by atoms with van der Waals surface area (Å²) in [6.07, 6.45) is 1.59. The number of aliphatic hydroxyl groups is 1. The van der Waals surface area contributed by atoms with Crippen molar-refractivity contribution in [1.82, 2.24) is 4.31 Å². The number of nitrogens with zero attached hydrogens (tertiary/aromatic N) is 1. The maximum atomic E-state index is 12.3. The van der Waals surface area contributed by atoms with E-state index in [1.807, 2.05) is 0 Å². The van der Waals surface area contributed by atoms with Gasteiger partial charge in [-0.1, -0.05) is 11.6 Å². The van der Waals surface area contributed by atoms with Crippen LogP contribution in [0.2, 0.25) is 5.02 Å². The number of nitrogens with one attached hydrogen (secondary N) is 1. The van der Waals surface area contributed by atoms with Crippen LogP contribution in [0.3, 0.4) is 0 Å². The molecule has 2 N–H and O–H groups in total. The predicted octanol–water partition coefficient (Wildman–Crippen LogP) is 1.71. The van der Waals surface area contributed by atoms with Gasteiger partial charge in [0.25, 0.3) is 0 Å². The van der Waals surface area contributed by atoms with Gasteiger partial charge in [0.05, 0.1) is 17.8 Å². The summed E-state index contributed by atoms with van der Waals surface area (Å²) in [5.41, 5.74) is 0.381. The van der Waals surface area contributed by atoms with Gasteiger partial charge >= 0.3 is 10.2 Å². The summed E-state index contributed by atoms with van der Waals surface area (Å²) in [6.45, 7) is 0.784. The van der Waals surface area contributed by atoms with Crippen molar-refractivity contribution < 1.29 is 18.3 Å². The van der Waals surface area contributed by atoms with Crippen LogP contribution >= 0.6 is 11.6 Å². The van der Waals surface area contributed by atoms with Crippen LogP contribution in [0.25, 0.3) is 0 Å². The summed E-state index contributed by atoms with van der Waals surface area (Å²) in [7, 11) is -2.15. The van der Waals surface area contributed by atoms with Crippen molar-refractivity contribution in [3.63, 3.8) is 0 Å². The van der Waals surface area contributed by atoms with Crippen LogP contribution < -0.4 is 9.46 Å². The largest absolute Gasteiger partial charge is 0.495 e. The number of anilines is 1. The predicted molar refractivity (Wildman–Crippen MR) is 81.9 cm³/mol. The second-order valence-electron chi connectivity index (χ2n) is 5.01. The zero-order valence-corrected chi connectivity index (χ0v) is 13.3. The minimum atomic E-state index is -3.64. The number of halogens is 1. The van der Waals surface area contributed by atoms with Gasteiger partial charge in [-0.25, -0.2) is 0 Å². The molecule has 1 aliphatic heterocycles. The summed E-state index contributed by atoms with van der Waals surface area (Å²) in [5, 5.41) is 9.52. The Bertz CT molecular complexity index is 594. The number of rotatable bonds is 5. The molecule has 1 aromatic rings. The van der Waals surface area contributed by atoms with Crippen LogP contribution in [0.1, 0.15) is 12.8 Å². The number of hydrogen-bond acceptors (Lipinski definition) is 4. The SMILES string of the molecule is COc1ccc(NS(=O)(=O)N2CCCC(CO)C2)cc1Cl. The van der Waals surface area contributed by atoms with E-state index in [1.54, 1.807) is 12.1 Å². The average molecular weight is 335 g/mol. The van der Waals surface area contributed by atoms with Crippen molar-refractivity contribution in [2.24, 2.45) is 5.92 Å². The molecule has 1 aromatic carbocycles. The molecule has 118 valence electrons. The Morgan fingerprint density at radius 1 is 1.52 bits per heavy atom. The lowest BCUT2D eigenvalue weighted by atomic mass is 10.0. The van der Waals surface area contributed by atoms with E-state index in [4.69, 9.17) is 16.3 Å².